The number of benzene rings is 1. The molecule has 1 fully saturated rings. The van der Waals surface area contributed by atoms with Crippen molar-refractivity contribution in [2.24, 2.45) is 0 Å². The third-order valence-electron chi connectivity index (χ3n) is 4.13. The number of nitrogens with one attached hydrogen (secondary N) is 1. The summed E-state index contributed by atoms with van der Waals surface area (Å²) in [6.45, 7) is 2.78. The van der Waals surface area contributed by atoms with Gasteiger partial charge in [0.05, 0.1) is 4.47 Å². The summed E-state index contributed by atoms with van der Waals surface area (Å²) in [7, 11) is 3.93. The molecule has 0 bridgehead atoms. The van der Waals surface area contributed by atoms with E-state index < -0.39 is 0 Å². The van der Waals surface area contributed by atoms with Crippen LogP contribution in [0.15, 0.2) is 35.1 Å². The normalized spacial score (nSPS) is 17.9. The summed E-state index contributed by atoms with van der Waals surface area (Å²) in [5, 5.41) is 3.48. The van der Waals surface area contributed by atoms with E-state index in [9.17, 15) is 4.39 Å². The van der Waals surface area contributed by atoms with Crippen LogP contribution in [0.3, 0.4) is 0 Å². The maximum absolute atomic E-state index is 13.3. The lowest BCUT2D eigenvalue weighted by molar-refractivity contribution is 0.328. The molecule has 1 saturated heterocycles. The van der Waals surface area contributed by atoms with E-state index in [4.69, 9.17) is 0 Å². The minimum absolute atomic E-state index is 0.222. The molecule has 0 aliphatic carbocycles. The van der Waals surface area contributed by atoms with Crippen LogP contribution in [-0.4, -0.2) is 48.1 Å². The number of halogens is 2. The predicted molar refractivity (Wildman–Crippen MR) is 97.8 cm³/mol. The second-order valence-corrected chi connectivity index (χ2v) is 7.12. The molecule has 3 rings (SSSR count). The number of likely N-dealkylation sites (tertiary alicyclic amines) is 1. The third-order valence-corrected chi connectivity index (χ3v) is 4.73. The van der Waals surface area contributed by atoms with Gasteiger partial charge in [0.25, 0.3) is 0 Å². The van der Waals surface area contributed by atoms with Gasteiger partial charge < -0.3 is 10.2 Å². The van der Waals surface area contributed by atoms with Crippen LogP contribution in [0.4, 0.5) is 16.0 Å². The molecule has 1 N–H and O–H groups in total. The van der Waals surface area contributed by atoms with Gasteiger partial charge in [0.15, 0.2) is 0 Å². The summed E-state index contributed by atoms with van der Waals surface area (Å²) < 4.78 is 13.8. The zero-order valence-corrected chi connectivity index (χ0v) is 15.4. The molecular weight excluding hydrogens is 373 g/mol. The zero-order valence-electron chi connectivity index (χ0n) is 13.8. The maximum atomic E-state index is 13.3. The van der Waals surface area contributed by atoms with Gasteiger partial charge in [-0.2, -0.15) is 0 Å². The summed E-state index contributed by atoms with van der Waals surface area (Å²) in [4.78, 5) is 12.9. The van der Waals surface area contributed by atoms with E-state index in [-0.39, 0.29) is 5.82 Å². The van der Waals surface area contributed by atoms with E-state index in [1.165, 1.54) is 6.07 Å². The molecule has 1 unspecified atom stereocenters. The van der Waals surface area contributed by atoms with Crippen molar-refractivity contribution in [3.63, 3.8) is 0 Å². The fraction of sp³-hybridized carbons (Fsp3) is 0.412. The van der Waals surface area contributed by atoms with E-state index in [2.05, 4.69) is 36.1 Å². The minimum atomic E-state index is -0.222. The van der Waals surface area contributed by atoms with E-state index in [0.29, 0.717) is 10.5 Å². The van der Waals surface area contributed by atoms with Gasteiger partial charge in [-0.05, 0) is 40.0 Å². The first-order chi connectivity index (χ1) is 11.5. The quantitative estimate of drug-likeness (QED) is 0.845. The first-order valence-electron chi connectivity index (χ1n) is 7.93. The van der Waals surface area contributed by atoms with Crippen molar-refractivity contribution < 1.29 is 4.39 Å². The van der Waals surface area contributed by atoms with Gasteiger partial charge in [-0.1, -0.05) is 6.07 Å². The number of anilines is 2. The monoisotopic (exact) mass is 393 g/mol. The second kappa shape index (κ2) is 7.44. The third kappa shape index (κ3) is 4.21. The molecule has 128 valence electrons. The summed E-state index contributed by atoms with van der Waals surface area (Å²) >= 11 is 3.25. The maximum Gasteiger partial charge on any atom is 0.137 e. The van der Waals surface area contributed by atoms with Crippen LogP contribution in [0.5, 0.6) is 0 Å². The Balaban J connectivity index is 1.57. The fourth-order valence-corrected chi connectivity index (χ4v) is 3.30. The molecule has 1 aromatic heterocycles. The minimum Gasteiger partial charge on any atom is -0.366 e. The average molecular weight is 394 g/mol. The van der Waals surface area contributed by atoms with Gasteiger partial charge in [-0.15, -0.1) is 0 Å². The highest BCUT2D eigenvalue weighted by Gasteiger charge is 2.23. The van der Waals surface area contributed by atoms with Crippen molar-refractivity contribution in [2.75, 3.05) is 37.4 Å². The number of nitrogens with zero attached hydrogens (tertiary/aromatic N) is 4. The van der Waals surface area contributed by atoms with Crippen molar-refractivity contribution >= 4 is 27.6 Å². The molecule has 2 aromatic rings. The second-order valence-electron chi connectivity index (χ2n) is 6.27. The Morgan fingerprint density at radius 3 is 2.92 bits per heavy atom. The zero-order chi connectivity index (χ0) is 17.1. The molecule has 1 atom stereocenters. The lowest BCUT2D eigenvalue weighted by Crippen LogP contribution is -2.26. The van der Waals surface area contributed by atoms with E-state index in [0.717, 1.165) is 43.3 Å². The molecule has 0 radical (unpaired) electrons. The van der Waals surface area contributed by atoms with Crippen molar-refractivity contribution in [1.82, 2.24) is 14.9 Å². The standard InChI is InChI=1S/C17H21BrFN5/c1-23(2)17-8-16(20-11-21-17)22-13-5-6-24(10-13)9-12-3-4-15(19)14(18)7-12/h3-4,7-8,11,13H,5-6,9-10H2,1-2H3,(H,20,21,22). The molecule has 24 heavy (non-hydrogen) atoms. The smallest absolute Gasteiger partial charge is 0.137 e. The molecular formula is C17H21BrFN5. The van der Waals surface area contributed by atoms with Crippen LogP contribution in [0.1, 0.15) is 12.0 Å². The number of hydrogen-bond donors (Lipinski definition) is 1. The molecule has 0 saturated carbocycles. The van der Waals surface area contributed by atoms with Crippen LogP contribution in [0.2, 0.25) is 0 Å². The number of aromatic nitrogens is 2. The van der Waals surface area contributed by atoms with Crippen molar-refractivity contribution in [2.45, 2.75) is 19.0 Å². The van der Waals surface area contributed by atoms with Gasteiger partial charge in [0, 0.05) is 45.8 Å². The molecule has 1 aromatic carbocycles. The lowest BCUT2D eigenvalue weighted by atomic mass is 10.2. The van der Waals surface area contributed by atoms with Crippen molar-refractivity contribution in [3.8, 4) is 0 Å². The summed E-state index contributed by atoms with van der Waals surface area (Å²) in [6, 6.07) is 7.52. The van der Waals surface area contributed by atoms with Gasteiger partial charge in [-0.3, -0.25) is 4.90 Å². The van der Waals surface area contributed by atoms with Gasteiger partial charge in [-0.25, -0.2) is 14.4 Å². The lowest BCUT2D eigenvalue weighted by Gasteiger charge is -2.18. The molecule has 1 aliphatic rings. The van der Waals surface area contributed by atoms with Crippen LogP contribution in [0.25, 0.3) is 0 Å². The fourth-order valence-electron chi connectivity index (χ4n) is 2.87. The summed E-state index contributed by atoms with van der Waals surface area (Å²) in [5.41, 5.74) is 1.11. The molecule has 0 amide bonds. The van der Waals surface area contributed by atoms with Crippen LogP contribution in [-0.2, 0) is 6.54 Å². The van der Waals surface area contributed by atoms with Crippen LogP contribution < -0.4 is 10.2 Å². The highest BCUT2D eigenvalue weighted by atomic mass is 79.9. The molecule has 7 heteroatoms. The SMILES string of the molecule is CN(C)c1cc(NC2CCN(Cc3ccc(F)c(Br)c3)C2)ncn1. The number of rotatable bonds is 5. The van der Waals surface area contributed by atoms with Gasteiger partial charge >= 0.3 is 0 Å². The van der Waals surface area contributed by atoms with Gasteiger partial charge in [0.2, 0.25) is 0 Å². The Labute approximate surface area is 150 Å². The van der Waals surface area contributed by atoms with Crippen LogP contribution in [0, 0.1) is 5.82 Å². The highest BCUT2D eigenvalue weighted by molar-refractivity contribution is 9.10. The summed E-state index contributed by atoms with van der Waals surface area (Å²) in [5.74, 6) is 1.52. The first-order valence-corrected chi connectivity index (χ1v) is 8.73. The Morgan fingerprint density at radius 2 is 2.17 bits per heavy atom. The van der Waals surface area contributed by atoms with E-state index in [1.807, 2.05) is 37.2 Å². The Bertz CT molecular complexity index is 709. The molecule has 1 aliphatic heterocycles. The molecule has 2 heterocycles. The Kier molecular flexibility index (Phi) is 5.30. The van der Waals surface area contributed by atoms with Crippen molar-refractivity contribution in [1.29, 1.82) is 0 Å². The van der Waals surface area contributed by atoms with E-state index >= 15 is 0 Å². The average Bonchev–Trinajstić information content (AvgIpc) is 2.98. The largest absolute Gasteiger partial charge is 0.366 e. The predicted octanol–water partition coefficient (Wildman–Crippen LogP) is 3.13. The molecule has 0 spiro atoms. The Morgan fingerprint density at radius 1 is 1.33 bits per heavy atom. The summed E-state index contributed by atoms with van der Waals surface area (Å²) in [6.07, 6.45) is 2.64. The van der Waals surface area contributed by atoms with Crippen LogP contribution >= 0.6 is 15.9 Å². The van der Waals surface area contributed by atoms with Gasteiger partial charge in [0.1, 0.15) is 23.8 Å². The highest BCUT2D eigenvalue weighted by Crippen LogP contribution is 2.21. The Hall–Kier alpha value is -1.73. The van der Waals surface area contributed by atoms with E-state index in [1.54, 1.807) is 6.33 Å². The topological polar surface area (TPSA) is 44.3 Å². The molecule has 5 nitrogen and oxygen atoms in total. The number of hydrogen-bond acceptors (Lipinski definition) is 5. The first kappa shape index (κ1) is 17.1. The van der Waals surface area contributed by atoms with Crippen molar-refractivity contribution in [3.05, 3.63) is 46.4 Å².